The molecule has 0 radical (unpaired) electrons. The zero-order valence-electron chi connectivity index (χ0n) is 19.3. The third-order valence-electron chi connectivity index (χ3n) is 6.31. The van der Waals surface area contributed by atoms with E-state index in [0.29, 0.717) is 32.5 Å². The molecule has 0 N–H and O–H groups in total. The van der Waals surface area contributed by atoms with Crippen LogP contribution in [0, 0.1) is 23.0 Å². The molecule has 1 atom stereocenters. The Bertz CT molecular complexity index is 1500. The lowest BCUT2D eigenvalue weighted by molar-refractivity contribution is -0.384. The molecule has 0 unspecified atom stereocenters. The molecule has 2 aliphatic rings. The summed E-state index contributed by atoms with van der Waals surface area (Å²) < 4.78 is 6.20. The van der Waals surface area contributed by atoms with E-state index in [2.05, 4.69) is 15.9 Å². The molecule has 2 heterocycles. The summed E-state index contributed by atoms with van der Waals surface area (Å²) in [5.41, 5.74) is 1.90. The minimum absolute atomic E-state index is 0.0580. The number of nitrogens with zero attached hydrogens (tertiary/aromatic N) is 3. The predicted octanol–water partition coefficient (Wildman–Crippen LogP) is 4.42. The van der Waals surface area contributed by atoms with Crippen molar-refractivity contribution in [2.45, 2.75) is 13.3 Å². The second kappa shape index (κ2) is 9.25. The van der Waals surface area contributed by atoms with Crippen molar-refractivity contribution in [3.8, 4) is 5.75 Å². The van der Waals surface area contributed by atoms with Crippen LogP contribution in [0.1, 0.15) is 32.7 Å². The number of nitro groups is 1. The van der Waals surface area contributed by atoms with Gasteiger partial charge in [0.05, 0.1) is 27.7 Å². The van der Waals surface area contributed by atoms with Gasteiger partial charge >= 0.3 is 5.97 Å². The number of carbonyl (C=O) groups excluding carboxylic acids is 4. The molecule has 1 fully saturated rings. The van der Waals surface area contributed by atoms with Gasteiger partial charge < -0.3 is 9.64 Å². The number of ether oxygens (including phenoxy) is 1. The Labute approximate surface area is 218 Å². The van der Waals surface area contributed by atoms with Crippen molar-refractivity contribution in [2.24, 2.45) is 5.92 Å². The number of carbonyl (C=O) groups is 4. The first-order valence-electron chi connectivity index (χ1n) is 11.2. The third-order valence-corrected chi connectivity index (χ3v) is 6.80. The molecule has 3 aromatic carbocycles. The van der Waals surface area contributed by atoms with Crippen molar-refractivity contribution in [3.63, 3.8) is 0 Å². The van der Waals surface area contributed by atoms with Crippen LogP contribution < -0.4 is 14.5 Å². The maximum absolute atomic E-state index is 12.9. The van der Waals surface area contributed by atoms with E-state index in [1.165, 1.54) is 41.3 Å². The Kier molecular flexibility index (Phi) is 6.08. The van der Waals surface area contributed by atoms with E-state index < -0.39 is 28.6 Å². The Morgan fingerprint density at radius 3 is 2.38 bits per heavy atom. The van der Waals surface area contributed by atoms with Crippen molar-refractivity contribution in [3.05, 3.63) is 91.9 Å². The van der Waals surface area contributed by atoms with Gasteiger partial charge in [0.15, 0.2) is 0 Å². The first-order chi connectivity index (χ1) is 17.6. The maximum Gasteiger partial charge on any atom is 0.316 e. The highest BCUT2D eigenvalue weighted by Gasteiger charge is 2.38. The predicted molar refractivity (Wildman–Crippen MR) is 136 cm³/mol. The second-order valence-electron chi connectivity index (χ2n) is 8.68. The maximum atomic E-state index is 12.9. The van der Waals surface area contributed by atoms with Crippen LogP contribution in [0.5, 0.6) is 5.75 Å². The first-order valence-corrected chi connectivity index (χ1v) is 12.0. The molecule has 10 nitrogen and oxygen atoms in total. The van der Waals surface area contributed by atoms with E-state index in [4.69, 9.17) is 4.74 Å². The molecule has 37 heavy (non-hydrogen) atoms. The van der Waals surface area contributed by atoms with Gasteiger partial charge in [0.25, 0.3) is 17.5 Å². The fourth-order valence-corrected chi connectivity index (χ4v) is 4.80. The Morgan fingerprint density at radius 1 is 1.00 bits per heavy atom. The van der Waals surface area contributed by atoms with Crippen LogP contribution in [0.4, 0.5) is 17.1 Å². The zero-order chi connectivity index (χ0) is 26.4. The van der Waals surface area contributed by atoms with Crippen molar-refractivity contribution in [2.75, 3.05) is 16.3 Å². The largest absolute Gasteiger partial charge is 0.426 e. The van der Waals surface area contributed by atoms with Crippen LogP contribution >= 0.6 is 15.9 Å². The quantitative estimate of drug-likeness (QED) is 0.148. The molecule has 186 valence electrons. The molecule has 1 saturated heterocycles. The molecule has 11 heteroatoms. The van der Waals surface area contributed by atoms with Crippen molar-refractivity contribution in [1.82, 2.24) is 0 Å². The van der Waals surface area contributed by atoms with Gasteiger partial charge in [0.1, 0.15) is 5.75 Å². The monoisotopic (exact) mass is 563 g/mol. The first kappa shape index (κ1) is 24.3. The molecule has 0 spiro atoms. The number of benzene rings is 3. The molecule has 0 aromatic heterocycles. The van der Waals surface area contributed by atoms with Gasteiger partial charge in [0, 0.05) is 35.3 Å². The minimum atomic E-state index is -0.725. The van der Waals surface area contributed by atoms with E-state index in [1.807, 2.05) is 0 Å². The summed E-state index contributed by atoms with van der Waals surface area (Å²) in [6.07, 6.45) is -0.0580. The zero-order valence-corrected chi connectivity index (χ0v) is 20.9. The molecule has 0 bridgehead atoms. The smallest absolute Gasteiger partial charge is 0.316 e. The van der Waals surface area contributed by atoms with Crippen LogP contribution in [-0.4, -0.2) is 35.2 Å². The number of nitro benzene ring substituents is 1. The number of fused-ring (bicyclic) bond motifs is 1. The summed E-state index contributed by atoms with van der Waals surface area (Å²) in [4.78, 5) is 63.9. The lowest BCUT2D eigenvalue weighted by Gasteiger charge is -2.18. The number of amides is 3. The summed E-state index contributed by atoms with van der Waals surface area (Å²) in [5.74, 6) is -2.28. The number of anilines is 2. The van der Waals surface area contributed by atoms with Gasteiger partial charge in [-0.05, 0) is 61.0 Å². The Morgan fingerprint density at radius 2 is 1.70 bits per heavy atom. The summed E-state index contributed by atoms with van der Waals surface area (Å²) in [6, 6.07) is 15.0. The number of non-ortho nitro benzene ring substituents is 1. The topological polar surface area (TPSA) is 127 Å². The Hall–Kier alpha value is -4.38. The number of hydrogen-bond acceptors (Lipinski definition) is 7. The standard InChI is InChI=1S/C26H18BrN3O7/c1-14-10-19(7-9-22(14)29-24(32)20-8-2-16(27)12-21(20)25(29)33)37-26(34)15-11-23(31)28(13-15)17-3-5-18(6-4-17)30(35)36/h2-10,12,15H,11,13H2,1H3/t15-/m0/s1. The van der Waals surface area contributed by atoms with Crippen LogP contribution in [0.15, 0.2) is 65.1 Å². The summed E-state index contributed by atoms with van der Waals surface area (Å²) in [6.45, 7) is 1.78. The molecule has 3 amide bonds. The van der Waals surface area contributed by atoms with Gasteiger partial charge in [-0.15, -0.1) is 0 Å². The fraction of sp³-hybridized carbons (Fsp3) is 0.154. The molecule has 0 saturated carbocycles. The average Bonchev–Trinajstić information content (AvgIpc) is 3.37. The molecular formula is C26H18BrN3O7. The van der Waals surface area contributed by atoms with Crippen LogP contribution in [0.3, 0.4) is 0 Å². The number of rotatable bonds is 5. The summed E-state index contributed by atoms with van der Waals surface area (Å²) in [5, 5.41) is 10.9. The lowest BCUT2D eigenvalue weighted by atomic mass is 10.1. The summed E-state index contributed by atoms with van der Waals surface area (Å²) >= 11 is 3.31. The van der Waals surface area contributed by atoms with E-state index in [0.717, 1.165) is 4.90 Å². The van der Waals surface area contributed by atoms with Gasteiger partial charge in [-0.3, -0.25) is 29.3 Å². The number of hydrogen-bond donors (Lipinski definition) is 0. The second-order valence-corrected chi connectivity index (χ2v) is 9.60. The van der Waals surface area contributed by atoms with Gasteiger partial charge in [-0.1, -0.05) is 15.9 Å². The number of esters is 1. The number of aryl methyl sites for hydroxylation is 1. The average molecular weight is 564 g/mol. The normalized spacial score (nSPS) is 16.8. The highest BCUT2D eigenvalue weighted by molar-refractivity contribution is 9.10. The van der Waals surface area contributed by atoms with Gasteiger partial charge in [-0.25, -0.2) is 4.90 Å². The molecule has 3 aromatic rings. The number of halogens is 1. The fourth-order valence-electron chi connectivity index (χ4n) is 4.44. The highest BCUT2D eigenvalue weighted by Crippen LogP contribution is 2.34. The van der Waals surface area contributed by atoms with Crippen LogP contribution in [0.2, 0.25) is 0 Å². The van der Waals surface area contributed by atoms with Crippen LogP contribution in [-0.2, 0) is 9.59 Å². The van der Waals surface area contributed by atoms with Crippen molar-refractivity contribution < 1.29 is 28.8 Å². The van der Waals surface area contributed by atoms with E-state index in [1.54, 1.807) is 31.2 Å². The third kappa shape index (κ3) is 4.38. The van der Waals surface area contributed by atoms with Crippen molar-refractivity contribution >= 4 is 56.7 Å². The summed E-state index contributed by atoms with van der Waals surface area (Å²) in [7, 11) is 0. The molecule has 0 aliphatic carbocycles. The van der Waals surface area contributed by atoms with Gasteiger partial charge in [-0.2, -0.15) is 0 Å². The molecular weight excluding hydrogens is 546 g/mol. The molecule has 2 aliphatic heterocycles. The lowest BCUT2D eigenvalue weighted by Crippen LogP contribution is -2.30. The van der Waals surface area contributed by atoms with E-state index in [-0.39, 0.29) is 30.3 Å². The molecule has 5 rings (SSSR count). The van der Waals surface area contributed by atoms with Crippen LogP contribution in [0.25, 0.3) is 0 Å². The van der Waals surface area contributed by atoms with E-state index in [9.17, 15) is 29.3 Å². The van der Waals surface area contributed by atoms with Gasteiger partial charge in [0.2, 0.25) is 5.91 Å². The highest BCUT2D eigenvalue weighted by atomic mass is 79.9. The SMILES string of the molecule is Cc1cc(OC(=O)[C@H]2CC(=O)N(c3ccc([N+](=O)[O-])cc3)C2)ccc1N1C(=O)c2ccc(Br)cc2C1=O. The van der Waals surface area contributed by atoms with E-state index >= 15 is 0 Å². The number of imide groups is 1. The van der Waals surface area contributed by atoms with Crippen molar-refractivity contribution in [1.29, 1.82) is 0 Å². The Balaban J connectivity index is 1.29. The minimum Gasteiger partial charge on any atom is -0.426 e.